The highest BCUT2D eigenvalue weighted by Gasteiger charge is 2.16. The Hall–Kier alpha value is -2.22. The molecule has 1 heterocycles. The molecule has 6 nitrogen and oxygen atoms in total. The highest BCUT2D eigenvalue weighted by atomic mass is 35.5. The summed E-state index contributed by atoms with van der Waals surface area (Å²) in [6, 6.07) is 12.7. The summed E-state index contributed by atoms with van der Waals surface area (Å²) in [5.74, 6) is 1.40. The molecule has 3 rings (SSSR count). The minimum absolute atomic E-state index is 0.0927. The van der Waals surface area contributed by atoms with E-state index in [4.69, 9.17) is 27.9 Å². The van der Waals surface area contributed by atoms with Crippen molar-refractivity contribution in [1.29, 1.82) is 0 Å². The standard InChI is InChI=1S/C19H18Cl2N4O2S/c1-25-18(15-9-14(21)7-8-16(15)27-2)23-24-19(25)28-11-17(26)22-10-12-3-5-13(20)6-4-12/h3-9H,10-11H2,1-2H3,(H,22,26). The second-order valence-corrected chi connectivity index (χ2v) is 7.72. The fourth-order valence-corrected chi connectivity index (χ4v) is 3.55. The van der Waals surface area contributed by atoms with Crippen LogP contribution in [0.25, 0.3) is 11.4 Å². The van der Waals surface area contributed by atoms with E-state index in [-0.39, 0.29) is 11.7 Å². The summed E-state index contributed by atoms with van der Waals surface area (Å²) in [6.45, 7) is 0.445. The molecule has 0 atom stereocenters. The van der Waals surface area contributed by atoms with Gasteiger partial charge in [-0.05, 0) is 35.9 Å². The molecule has 28 heavy (non-hydrogen) atoms. The number of ether oxygens (including phenoxy) is 1. The number of carbonyl (C=O) groups is 1. The van der Waals surface area contributed by atoms with Gasteiger partial charge in [0.2, 0.25) is 5.91 Å². The Bertz CT molecular complexity index is 977. The van der Waals surface area contributed by atoms with E-state index < -0.39 is 0 Å². The van der Waals surface area contributed by atoms with Crippen LogP contribution < -0.4 is 10.1 Å². The molecule has 0 aliphatic rings. The summed E-state index contributed by atoms with van der Waals surface area (Å²) >= 11 is 13.3. The lowest BCUT2D eigenvalue weighted by Crippen LogP contribution is -2.24. The molecule has 0 spiro atoms. The Morgan fingerprint density at radius 2 is 1.86 bits per heavy atom. The normalized spacial score (nSPS) is 10.7. The maximum absolute atomic E-state index is 12.1. The molecule has 1 amide bonds. The van der Waals surface area contributed by atoms with E-state index in [1.54, 1.807) is 37.4 Å². The molecule has 0 saturated carbocycles. The van der Waals surface area contributed by atoms with Crippen LogP contribution in [0.15, 0.2) is 47.6 Å². The molecule has 1 N–H and O–H groups in total. The molecular formula is C19H18Cl2N4O2S. The van der Waals surface area contributed by atoms with Crippen LogP contribution in [0.2, 0.25) is 10.0 Å². The van der Waals surface area contributed by atoms with E-state index >= 15 is 0 Å². The van der Waals surface area contributed by atoms with Crippen LogP contribution in [0.4, 0.5) is 0 Å². The third-order valence-corrected chi connectivity index (χ3v) is 5.48. The first-order chi connectivity index (χ1) is 13.5. The van der Waals surface area contributed by atoms with Crippen molar-refractivity contribution < 1.29 is 9.53 Å². The van der Waals surface area contributed by atoms with Gasteiger partial charge in [-0.15, -0.1) is 10.2 Å². The first-order valence-corrected chi connectivity index (χ1v) is 10.1. The summed E-state index contributed by atoms with van der Waals surface area (Å²) in [4.78, 5) is 12.1. The van der Waals surface area contributed by atoms with Gasteiger partial charge >= 0.3 is 0 Å². The summed E-state index contributed by atoms with van der Waals surface area (Å²) in [6.07, 6.45) is 0. The molecule has 0 aliphatic carbocycles. The second-order valence-electron chi connectivity index (χ2n) is 5.90. The van der Waals surface area contributed by atoms with Gasteiger partial charge in [-0.2, -0.15) is 0 Å². The second kappa shape index (κ2) is 9.32. The molecule has 0 bridgehead atoms. The zero-order chi connectivity index (χ0) is 20.1. The molecule has 0 fully saturated rings. The number of nitrogens with zero attached hydrogens (tertiary/aromatic N) is 3. The number of methoxy groups -OCH3 is 1. The van der Waals surface area contributed by atoms with Crippen molar-refractivity contribution in [3.05, 3.63) is 58.1 Å². The van der Waals surface area contributed by atoms with Crippen molar-refractivity contribution >= 4 is 40.9 Å². The lowest BCUT2D eigenvalue weighted by Gasteiger charge is -2.09. The Kier molecular flexibility index (Phi) is 6.83. The molecular weight excluding hydrogens is 419 g/mol. The van der Waals surface area contributed by atoms with Crippen LogP contribution in [0.1, 0.15) is 5.56 Å². The van der Waals surface area contributed by atoms with Crippen LogP contribution in [-0.2, 0) is 18.4 Å². The molecule has 146 valence electrons. The number of hydrogen-bond acceptors (Lipinski definition) is 5. The number of thioether (sulfide) groups is 1. The third kappa shape index (κ3) is 4.98. The largest absolute Gasteiger partial charge is 0.496 e. The minimum atomic E-state index is -0.0927. The Morgan fingerprint density at radius 3 is 2.57 bits per heavy atom. The molecule has 3 aromatic rings. The van der Waals surface area contributed by atoms with Gasteiger partial charge in [-0.25, -0.2) is 0 Å². The molecule has 0 unspecified atom stereocenters. The Balaban J connectivity index is 1.62. The predicted octanol–water partition coefficient (Wildman–Crippen LogP) is 4.21. The summed E-state index contributed by atoms with van der Waals surface area (Å²) < 4.78 is 7.19. The molecule has 9 heteroatoms. The van der Waals surface area contributed by atoms with Gasteiger partial charge in [0, 0.05) is 23.6 Å². The predicted molar refractivity (Wildman–Crippen MR) is 112 cm³/mol. The fourth-order valence-electron chi connectivity index (χ4n) is 2.51. The van der Waals surface area contributed by atoms with Crippen molar-refractivity contribution in [3.63, 3.8) is 0 Å². The van der Waals surface area contributed by atoms with E-state index in [0.717, 1.165) is 11.1 Å². The topological polar surface area (TPSA) is 69.0 Å². The molecule has 0 saturated heterocycles. The first-order valence-electron chi connectivity index (χ1n) is 8.35. The van der Waals surface area contributed by atoms with Gasteiger partial charge in [-0.3, -0.25) is 4.79 Å². The number of amides is 1. The monoisotopic (exact) mass is 436 g/mol. The Labute approximate surface area is 177 Å². The highest BCUT2D eigenvalue weighted by molar-refractivity contribution is 7.99. The summed E-state index contributed by atoms with van der Waals surface area (Å²) in [5, 5.41) is 13.1. The zero-order valence-electron chi connectivity index (χ0n) is 15.3. The SMILES string of the molecule is COc1ccc(Cl)cc1-c1nnc(SCC(=O)NCc2ccc(Cl)cc2)n1C. The fraction of sp³-hybridized carbons (Fsp3) is 0.211. The third-order valence-electron chi connectivity index (χ3n) is 3.97. The van der Waals surface area contributed by atoms with Gasteiger partial charge in [-0.1, -0.05) is 47.1 Å². The lowest BCUT2D eigenvalue weighted by molar-refractivity contribution is -0.118. The summed E-state index contributed by atoms with van der Waals surface area (Å²) in [7, 11) is 3.42. The van der Waals surface area contributed by atoms with Crippen LogP contribution in [0.3, 0.4) is 0 Å². The van der Waals surface area contributed by atoms with Gasteiger partial charge < -0.3 is 14.6 Å². The molecule has 0 aliphatic heterocycles. The average molecular weight is 437 g/mol. The van der Waals surface area contributed by atoms with Crippen molar-refractivity contribution in [2.45, 2.75) is 11.7 Å². The number of benzene rings is 2. The molecule has 2 aromatic carbocycles. The van der Waals surface area contributed by atoms with Crippen LogP contribution >= 0.6 is 35.0 Å². The van der Waals surface area contributed by atoms with Crippen LogP contribution in [-0.4, -0.2) is 33.5 Å². The zero-order valence-corrected chi connectivity index (χ0v) is 17.6. The van der Waals surface area contributed by atoms with E-state index in [1.165, 1.54) is 11.8 Å². The van der Waals surface area contributed by atoms with E-state index in [0.29, 0.717) is 33.3 Å². The smallest absolute Gasteiger partial charge is 0.230 e. The quantitative estimate of drug-likeness (QED) is 0.561. The minimum Gasteiger partial charge on any atom is -0.496 e. The van der Waals surface area contributed by atoms with Crippen LogP contribution in [0.5, 0.6) is 5.75 Å². The first kappa shape index (κ1) is 20.5. The lowest BCUT2D eigenvalue weighted by atomic mass is 10.2. The number of aromatic nitrogens is 3. The number of halogens is 2. The van der Waals surface area contributed by atoms with Crippen molar-refractivity contribution in [3.8, 4) is 17.1 Å². The van der Waals surface area contributed by atoms with Gasteiger partial charge in [0.25, 0.3) is 0 Å². The van der Waals surface area contributed by atoms with Gasteiger partial charge in [0.1, 0.15) is 5.75 Å². The van der Waals surface area contributed by atoms with E-state index in [9.17, 15) is 4.79 Å². The Morgan fingerprint density at radius 1 is 1.14 bits per heavy atom. The maximum atomic E-state index is 12.1. The number of carbonyl (C=O) groups excluding carboxylic acids is 1. The van der Waals surface area contributed by atoms with Gasteiger partial charge in [0.15, 0.2) is 11.0 Å². The maximum Gasteiger partial charge on any atom is 0.230 e. The van der Waals surface area contributed by atoms with Crippen molar-refractivity contribution in [2.24, 2.45) is 7.05 Å². The number of hydrogen-bond donors (Lipinski definition) is 1. The number of nitrogens with one attached hydrogen (secondary N) is 1. The summed E-state index contributed by atoms with van der Waals surface area (Å²) in [5.41, 5.74) is 1.72. The molecule has 1 aromatic heterocycles. The van der Waals surface area contributed by atoms with Gasteiger partial charge in [0.05, 0.1) is 18.4 Å². The van der Waals surface area contributed by atoms with Crippen molar-refractivity contribution in [2.75, 3.05) is 12.9 Å². The van der Waals surface area contributed by atoms with E-state index in [1.807, 2.05) is 23.7 Å². The van der Waals surface area contributed by atoms with Crippen LogP contribution in [0, 0.1) is 0 Å². The molecule has 0 radical (unpaired) electrons. The highest BCUT2D eigenvalue weighted by Crippen LogP contribution is 2.32. The van der Waals surface area contributed by atoms with Crippen molar-refractivity contribution in [1.82, 2.24) is 20.1 Å². The van der Waals surface area contributed by atoms with E-state index in [2.05, 4.69) is 15.5 Å². The number of rotatable bonds is 7. The average Bonchev–Trinajstić information content (AvgIpc) is 3.06.